The first-order valence-electron chi connectivity index (χ1n) is 5.19. The van der Waals surface area contributed by atoms with Crippen molar-refractivity contribution in [3.63, 3.8) is 0 Å². The number of aromatic nitrogens is 5. The molecule has 18 heavy (non-hydrogen) atoms. The topological polar surface area (TPSA) is 85.9 Å². The van der Waals surface area contributed by atoms with Gasteiger partial charge in [-0.25, -0.2) is 8.42 Å². The second kappa shape index (κ2) is 4.50. The van der Waals surface area contributed by atoms with Gasteiger partial charge in [-0.15, -0.1) is 10.2 Å². The summed E-state index contributed by atoms with van der Waals surface area (Å²) in [4.78, 5) is 0.162. The highest BCUT2D eigenvalue weighted by atomic mass is 32.2. The van der Waals surface area contributed by atoms with Crippen molar-refractivity contribution in [2.75, 3.05) is 7.05 Å². The van der Waals surface area contributed by atoms with Crippen molar-refractivity contribution in [3.8, 4) is 0 Å². The zero-order valence-corrected chi connectivity index (χ0v) is 11.2. The number of nitrogens with zero attached hydrogens (tertiary/aromatic N) is 6. The van der Waals surface area contributed by atoms with Gasteiger partial charge < -0.3 is 4.57 Å². The van der Waals surface area contributed by atoms with Gasteiger partial charge in [-0.2, -0.15) is 9.40 Å². The van der Waals surface area contributed by atoms with E-state index in [-0.39, 0.29) is 11.4 Å². The van der Waals surface area contributed by atoms with Gasteiger partial charge in [0.15, 0.2) is 0 Å². The van der Waals surface area contributed by atoms with Gasteiger partial charge in [-0.05, 0) is 0 Å². The molecule has 0 radical (unpaired) electrons. The van der Waals surface area contributed by atoms with E-state index in [1.807, 2.05) is 0 Å². The molecule has 0 aliphatic carbocycles. The standard InChI is InChI=1S/C9H14N6O2S/c1-13-7-10-12-9(13)6-15(3)18(16,17)8-4-11-14(2)5-8/h4-5,7H,6H2,1-3H3. The summed E-state index contributed by atoms with van der Waals surface area (Å²) in [6, 6.07) is 0. The lowest BCUT2D eigenvalue weighted by Crippen LogP contribution is -2.27. The normalized spacial score (nSPS) is 12.2. The molecule has 0 fully saturated rings. The Balaban J connectivity index is 2.23. The Bertz CT molecular complexity index is 644. The van der Waals surface area contributed by atoms with Crippen LogP contribution in [-0.2, 0) is 30.7 Å². The highest BCUT2D eigenvalue weighted by molar-refractivity contribution is 7.89. The first kappa shape index (κ1) is 12.7. The first-order valence-corrected chi connectivity index (χ1v) is 6.63. The van der Waals surface area contributed by atoms with Crippen LogP contribution in [0.3, 0.4) is 0 Å². The monoisotopic (exact) mass is 270 g/mol. The molecule has 0 bridgehead atoms. The SMILES string of the molecule is CN(Cc1nncn1C)S(=O)(=O)c1cnn(C)c1. The molecule has 98 valence electrons. The smallest absolute Gasteiger partial charge is 0.246 e. The van der Waals surface area contributed by atoms with Crippen LogP contribution in [-0.4, -0.2) is 44.3 Å². The minimum absolute atomic E-state index is 0.160. The summed E-state index contributed by atoms with van der Waals surface area (Å²) in [6.07, 6.45) is 4.31. The lowest BCUT2D eigenvalue weighted by Gasteiger charge is -2.14. The molecule has 0 unspecified atom stereocenters. The molecule has 0 atom stereocenters. The summed E-state index contributed by atoms with van der Waals surface area (Å²) in [7, 11) is 1.39. The van der Waals surface area contributed by atoms with Gasteiger partial charge >= 0.3 is 0 Å². The number of rotatable bonds is 4. The second-order valence-electron chi connectivity index (χ2n) is 3.97. The predicted molar refractivity (Wildman–Crippen MR) is 62.9 cm³/mol. The van der Waals surface area contributed by atoms with Gasteiger partial charge in [-0.1, -0.05) is 0 Å². The number of hydrogen-bond donors (Lipinski definition) is 0. The molecule has 0 spiro atoms. The van der Waals surface area contributed by atoms with Crippen LogP contribution in [0, 0.1) is 0 Å². The zero-order valence-electron chi connectivity index (χ0n) is 10.3. The van der Waals surface area contributed by atoms with E-state index >= 15 is 0 Å². The fraction of sp³-hybridized carbons (Fsp3) is 0.444. The first-order chi connectivity index (χ1) is 8.41. The van der Waals surface area contributed by atoms with Crippen molar-refractivity contribution in [2.24, 2.45) is 14.1 Å². The Morgan fingerprint density at radius 3 is 2.61 bits per heavy atom. The third-order valence-electron chi connectivity index (χ3n) is 2.56. The molecule has 0 aliphatic rings. The van der Waals surface area contributed by atoms with Crippen molar-refractivity contribution in [1.82, 2.24) is 28.9 Å². The Labute approximate surface area is 105 Å². The van der Waals surface area contributed by atoms with E-state index in [9.17, 15) is 8.42 Å². The number of hydrogen-bond acceptors (Lipinski definition) is 5. The van der Waals surface area contributed by atoms with Crippen molar-refractivity contribution < 1.29 is 8.42 Å². The molecule has 2 heterocycles. The van der Waals surface area contributed by atoms with Crippen LogP contribution in [0.1, 0.15) is 5.82 Å². The average Bonchev–Trinajstić information content (AvgIpc) is 2.89. The largest absolute Gasteiger partial charge is 0.320 e. The van der Waals surface area contributed by atoms with Crippen LogP contribution in [0.5, 0.6) is 0 Å². The average molecular weight is 270 g/mol. The van der Waals surface area contributed by atoms with Crippen molar-refractivity contribution >= 4 is 10.0 Å². The molecule has 0 aliphatic heterocycles. The summed E-state index contributed by atoms with van der Waals surface area (Å²) in [5.74, 6) is 0.574. The Morgan fingerprint density at radius 1 is 1.39 bits per heavy atom. The summed E-state index contributed by atoms with van der Waals surface area (Å²) < 4.78 is 28.7. The summed E-state index contributed by atoms with van der Waals surface area (Å²) in [5, 5.41) is 11.4. The Hall–Kier alpha value is -1.74. The van der Waals surface area contributed by atoms with E-state index in [0.717, 1.165) is 0 Å². The minimum atomic E-state index is -3.54. The second-order valence-corrected chi connectivity index (χ2v) is 6.01. The number of sulfonamides is 1. The van der Waals surface area contributed by atoms with E-state index in [1.165, 1.54) is 34.8 Å². The predicted octanol–water partition coefficient (Wildman–Crippen LogP) is -0.631. The summed E-state index contributed by atoms with van der Waals surface area (Å²) >= 11 is 0. The van der Waals surface area contributed by atoms with E-state index < -0.39 is 10.0 Å². The third-order valence-corrected chi connectivity index (χ3v) is 4.31. The fourth-order valence-electron chi connectivity index (χ4n) is 1.45. The van der Waals surface area contributed by atoms with Gasteiger partial charge in [0.25, 0.3) is 0 Å². The Kier molecular flexibility index (Phi) is 3.18. The minimum Gasteiger partial charge on any atom is -0.320 e. The van der Waals surface area contributed by atoms with Crippen molar-refractivity contribution in [2.45, 2.75) is 11.4 Å². The van der Waals surface area contributed by atoms with Crippen LogP contribution in [0.2, 0.25) is 0 Å². The third kappa shape index (κ3) is 2.27. The van der Waals surface area contributed by atoms with Crippen LogP contribution >= 0.6 is 0 Å². The fourth-order valence-corrected chi connectivity index (χ4v) is 2.56. The molecule has 0 saturated carbocycles. The lowest BCUT2D eigenvalue weighted by atomic mass is 10.6. The summed E-state index contributed by atoms with van der Waals surface area (Å²) in [6.45, 7) is 0.160. The van der Waals surface area contributed by atoms with Crippen molar-refractivity contribution in [1.29, 1.82) is 0 Å². The zero-order chi connectivity index (χ0) is 13.3. The molecule has 0 aromatic carbocycles. The van der Waals surface area contributed by atoms with Gasteiger partial charge in [0.1, 0.15) is 17.0 Å². The molecule has 2 aromatic rings. The number of aryl methyl sites for hydroxylation is 2. The van der Waals surface area contributed by atoms with Crippen LogP contribution in [0.15, 0.2) is 23.6 Å². The Morgan fingerprint density at radius 2 is 2.11 bits per heavy atom. The lowest BCUT2D eigenvalue weighted by molar-refractivity contribution is 0.450. The van der Waals surface area contributed by atoms with Crippen molar-refractivity contribution in [3.05, 3.63) is 24.5 Å². The van der Waals surface area contributed by atoms with Gasteiger partial charge in [0.05, 0.1) is 12.7 Å². The molecule has 8 nitrogen and oxygen atoms in total. The maximum Gasteiger partial charge on any atom is 0.246 e. The molecule has 9 heteroatoms. The maximum atomic E-state index is 12.2. The molecular formula is C9H14N6O2S. The molecule has 2 rings (SSSR count). The molecule has 0 N–H and O–H groups in total. The molecule has 0 amide bonds. The van der Waals surface area contributed by atoms with E-state index in [1.54, 1.807) is 18.7 Å². The highest BCUT2D eigenvalue weighted by Crippen LogP contribution is 2.14. The van der Waals surface area contributed by atoms with E-state index in [0.29, 0.717) is 5.82 Å². The van der Waals surface area contributed by atoms with Gasteiger partial charge in [-0.3, -0.25) is 4.68 Å². The van der Waals surface area contributed by atoms with E-state index in [2.05, 4.69) is 15.3 Å². The van der Waals surface area contributed by atoms with Crippen LogP contribution in [0.4, 0.5) is 0 Å². The highest BCUT2D eigenvalue weighted by Gasteiger charge is 2.23. The molecule has 0 saturated heterocycles. The molecular weight excluding hydrogens is 256 g/mol. The van der Waals surface area contributed by atoms with Crippen LogP contribution < -0.4 is 0 Å². The molecule has 2 aromatic heterocycles. The van der Waals surface area contributed by atoms with Crippen LogP contribution in [0.25, 0.3) is 0 Å². The van der Waals surface area contributed by atoms with Gasteiger partial charge in [0.2, 0.25) is 10.0 Å². The maximum absolute atomic E-state index is 12.2. The van der Waals surface area contributed by atoms with E-state index in [4.69, 9.17) is 0 Å². The summed E-state index contributed by atoms with van der Waals surface area (Å²) in [5.41, 5.74) is 0. The van der Waals surface area contributed by atoms with Gasteiger partial charge in [0, 0.05) is 27.3 Å². The quantitative estimate of drug-likeness (QED) is 0.738.